The quantitative estimate of drug-likeness (QED) is 0.650. The van der Waals surface area contributed by atoms with Crippen LogP contribution in [0.15, 0.2) is 34.9 Å². The second kappa shape index (κ2) is 5.81. The fourth-order valence-electron chi connectivity index (χ4n) is 2.16. The maximum atomic E-state index is 12.6. The number of benzene rings is 1. The van der Waals surface area contributed by atoms with Crippen molar-refractivity contribution in [2.45, 2.75) is 13.5 Å². The van der Waals surface area contributed by atoms with Crippen molar-refractivity contribution in [3.63, 3.8) is 0 Å². The molecule has 8 heteroatoms. The van der Waals surface area contributed by atoms with Crippen LogP contribution in [-0.2, 0) is 0 Å². The first-order valence-electron chi connectivity index (χ1n) is 6.21. The normalized spacial score (nSPS) is 11.4. The highest BCUT2D eigenvalue weighted by molar-refractivity contribution is 9.10. The summed E-state index contributed by atoms with van der Waals surface area (Å²) in [6.45, 7) is -1.15. The van der Waals surface area contributed by atoms with Gasteiger partial charge in [-0.2, -0.15) is 13.9 Å². The first kappa shape index (κ1) is 15.2. The van der Waals surface area contributed by atoms with Crippen molar-refractivity contribution in [1.29, 1.82) is 0 Å². The first-order valence-corrected chi connectivity index (χ1v) is 7.38. The molecule has 0 unspecified atom stereocenters. The maximum Gasteiger partial charge on any atom is 0.387 e. The van der Waals surface area contributed by atoms with Crippen molar-refractivity contribution < 1.29 is 13.5 Å². The summed E-state index contributed by atoms with van der Waals surface area (Å²) in [4.78, 5) is 4.29. The van der Waals surface area contributed by atoms with Gasteiger partial charge in [-0.25, -0.2) is 4.68 Å². The molecule has 1 aromatic carbocycles. The van der Waals surface area contributed by atoms with Gasteiger partial charge in [-0.3, -0.25) is 4.98 Å². The minimum Gasteiger partial charge on any atom is -0.433 e. The molecule has 0 aliphatic carbocycles. The summed E-state index contributed by atoms with van der Waals surface area (Å²) in [5.41, 5.74) is 2.33. The summed E-state index contributed by atoms with van der Waals surface area (Å²) in [6, 6.07) is 6.19. The lowest BCUT2D eigenvalue weighted by atomic mass is 10.2. The van der Waals surface area contributed by atoms with Crippen molar-refractivity contribution in [2.75, 3.05) is 0 Å². The Morgan fingerprint density at radius 2 is 2.09 bits per heavy atom. The Labute approximate surface area is 137 Å². The molecule has 2 heterocycles. The number of ether oxygens (including phenoxy) is 1. The highest BCUT2D eigenvalue weighted by Gasteiger charge is 2.17. The van der Waals surface area contributed by atoms with Gasteiger partial charge in [0, 0.05) is 15.7 Å². The van der Waals surface area contributed by atoms with Gasteiger partial charge in [-0.1, -0.05) is 11.6 Å². The fraction of sp³-hybridized carbons (Fsp3) is 0.143. The number of aromatic nitrogens is 3. The van der Waals surface area contributed by atoms with Gasteiger partial charge in [-0.15, -0.1) is 0 Å². The Morgan fingerprint density at radius 3 is 2.82 bits per heavy atom. The van der Waals surface area contributed by atoms with Crippen molar-refractivity contribution >= 4 is 38.6 Å². The van der Waals surface area contributed by atoms with Gasteiger partial charge in [0.15, 0.2) is 5.75 Å². The van der Waals surface area contributed by atoms with E-state index in [1.165, 1.54) is 22.9 Å². The Morgan fingerprint density at radius 1 is 1.32 bits per heavy atom. The van der Waals surface area contributed by atoms with Crippen LogP contribution in [0.4, 0.5) is 8.78 Å². The smallest absolute Gasteiger partial charge is 0.387 e. The van der Waals surface area contributed by atoms with E-state index >= 15 is 0 Å². The highest BCUT2D eigenvalue weighted by Crippen LogP contribution is 2.31. The van der Waals surface area contributed by atoms with Crippen LogP contribution in [0.3, 0.4) is 0 Å². The van der Waals surface area contributed by atoms with E-state index in [-0.39, 0.29) is 5.75 Å². The summed E-state index contributed by atoms with van der Waals surface area (Å²) in [5, 5.41) is 4.75. The van der Waals surface area contributed by atoms with Crippen molar-refractivity contribution in [3.8, 4) is 11.4 Å². The molecule has 0 fully saturated rings. The van der Waals surface area contributed by atoms with E-state index in [2.05, 4.69) is 30.7 Å². The molecule has 0 radical (unpaired) electrons. The van der Waals surface area contributed by atoms with Crippen molar-refractivity contribution in [1.82, 2.24) is 14.8 Å². The molecule has 2 aromatic heterocycles. The van der Waals surface area contributed by atoms with Crippen LogP contribution in [0.5, 0.6) is 5.75 Å². The molecular formula is C14H9BrClF2N3O. The number of alkyl halides is 2. The Bertz CT molecular complexity index is 853. The zero-order valence-corrected chi connectivity index (χ0v) is 13.6. The van der Waals surface area contributed by atoms with Crippen molar-refractivity contribution in [3.05, 3.63) is 45.7 Å². The predicted molar refractivity (Wildman–Crippen MR) is 82.9 cm³/mol. The number of rotatable bonds is 3. The molecule has 0 spiro atoms. The van der Waals surface area contributed by atoms with E-state index < -0.39 is 6.61 Å². The molecular weight excluding hydrogens is 380 g/mol. The number of halogens is 4. The van der Waals surface area contributed by atoms with Gasteiger partial charge in [0.1, 0.15) is 11.2 Å². The van der Waals surface area contributed by atoms with Crippen LogP contribution in [0.25, 0.3) is 16.7 Å². The average molecular weight is 389 g/mol. The third-order valence-corrected chi connectivity index (χ3v) is 3.69. The van der Waals surface area contributed by atoms with Gasteiger partial charge in [-0.05, 0) is 47.1 Å². The number of hydrogen-bond acceptors (Lipinski definition) is 3. The molecule has 0 saturated heterocycles. The molecule has 0 N–H and O–H groups in total. The van der Waals surface area contributed by atoms with E-state index in [9.17, 15) is 8.78 Å². The fourth-order valence-corrected chi connectivity index (χ4v) is 2.64. The number of fused-ring (bicyclic) bond motifs is 1. The van der Waals surface area contributed by atoms with Gasteiger partial charge in [0.05, 0.1) is 11.2 Å². The predicted octanol–water partition coefficient (Wildman–Crippen LogP) is 4.75. The zero-order valence-electron chi connectivity index (χ0n) is 11.2. The van der Waals surface area contributed by atoms with E-state index in [0.717, 1.165) is 4.47 Å². The molecule has 0 atom stereocenters. The molecule has 3 aromatic rings. The van der Waals surface area contributed by atoms with Gasteiger partial charge in [0.25, 0.3) is 0 Å². The SMILES string of the molecule is Cc1nn(-c2cc(Cl)ccc2OC(F)F)c2cc(Br)cnc12. The van der Waals surface area contributed by atoms with Crippen LogP contribution in [0.2, 0.25) is 5.02 Å². The molecule has 4 nitrogen and oxygen atoms in total. The largest absolute Gasteiger partial charge is 0.433 e. The van der Waals surface area contributed by atoms with E-state index in [1.54, 1.807) is 19.2 Å². The molecule has 114 valence electrons. The van der Waals surface area contributed by atoms with Crippen LogP contribution < -0.4 is 4.74 Å². The lowest BCUT2D eigenvalue weighted by molar-refractivity contribution is -0.0498. The lowest BCUT2D eigenvalue weighted by Gasteiger charge is -2.12. The molecule has 0 aliphatic rings. The first-order chi connectivity index (χ1) is 10.5. The van der Waals surface area contributed by atoms with Crippen LogP contribution >= 0.6 is 27.5 Å². The molecule has 0 saturated carbocycles. The number of nitrogens with zero attached hydrogens (tertiary/aromatic N) is 3. The van der Waals surface area contributed by atoms with Crippen molar-refractivity contribution in [2.24, 2.45) is 0 Å². The number of pyridine rings is 1. The van der Waals surface area contributed by atoms with Gasteiger partial charge < -0.3 is 4.74 Å². The molecule has 0 aliphatic heterocycles. The third kappa shape index (κ3) is 2.78. The summed E-state index contributed by atoms with van der Waals surface area (Å²) >= 11 is 9.32. The monoisotopic (exact) mass is 387 g/mol. The number of hydrogen-bond donors (Lipinski definition) is 0. The topological polar surface area (TPSA) is 39.9 Å². The summed E-state index contributed by atoms with van der Waals surface area (Å²) in [5.74, 6) is -0.0104. The van der Waals surface area contributed by atoms with E-state index in [0.29, 0.717) is 27.4 Å². The molecule has 3 rings (SSSR count). The minimum atomic E-state index is -2.94. The maximum absolute atomic E-state index is 12.6. The summed E-state index contributed by atoms with van der Waals surface area (Å²) < 4.78 is 32.0. The third-order valence-electron chi connectivity index (χ3n) is 3.02. The Hall–Kier alpha value is -1.73. The van der Waals surface area contributed by atoms with E-state index in [4.69, 9.17) is 11.6 Å². The molecule has 22 heavy (non-hydrogen) atoms. The number of aryl methyl sites for hydroxylation is 1. The zero-order chi connectivity index (χ0) is 15.9. The standard InChI is InChI=1S/C14H9BrClF2N3O/c1-7-13-11(4-8(15)6-19-13)21(20-7)10-5-9(16)2-3-12(10)22-14(17)18/h2-6,14H,1H3. The molecule has 0 bridgehead atoms. The van der Waals surface area contributed by atoms with Gasteiger partial charge in [0.2, 0.25) is 0 Å². The average Bonchev–Trinajstić information content (AvgIpc) is 2.77. The van der Waals surface area contributed by atoms with Crippen LogP contribution in [0.1, 0.15) is 5.69 Å². The lowest BCUT2D eigenvalue weighted by Crippen LogP contribution is -2.07. The van der Waals surface area contributed by atoms with Crippen LogP contribution in [-0.4, -0.2) is 21.4 Å². The second-order valence-corrected chi connectivity index (χ2v) is 5.86. The second-order valence-electron chi connectivity index (χ2n) is 4.51. The summed E-state index contributed by atoms with van der Waals surface area (Å²) in [6.07, 6.45) is 1.65. The summed E-state index contributed by atoms with van der Waals surface area (Å²) in [7, 11) is 0. The Kier molecular flexibility index (Phi) is 4.01. The Balaban J connectivity index is 2.27. The van der Waals surface area contributed by atoms with Crippen LogP contribution in [0, 0.1) is 6.92 Å². The highest BCUT2D eigenvalue weighted by atomic mass is 79.9. The molecule has 0 amide bonds. The van der Waals surface area contributed by atoms with Gasteiger partial charge >= 0.3 is 6.61 Å². The minimum absolute atomic E-state index is 0.0104. The van der Waals surface area contributed by atoms with E-state index in [1.807, 2.05) is 0 Å².